The highest BCUT2D eigenvalue weighted by Crippen LogP contribution is 2.27. The molecule has 1 saturated heterocycles. The Hall–Kier alpha value is -3.70. The van der Waals surface area contributed by atoms with Gasteiger partial charge in [0.15, 0.2) is 0 Å². The maximum Gasteiger partial charge on any atom is 0.0730 e. The molecule has 5 nitrogen and oxygen atoms in total. The fourth-order valence-corrected chi connectivity index (χ4v) is 5.04. The minimum absolute atomic E-state index is 0.409. The first-order valence-electron chi connectivity index (χ1n) is 11.9. The zero-order chi connectivity index (χ0) is 23.7. The van der Waals surface area contributed by atoms with Crippen LogP contribution in [0, 0.1) is 6.92 Å². The summed E-state index contributed by atoms with van der Waals surface area (Å²) in [7, 11) is 0. The minimum Gasteiger partial charge on any atom is -0.398 e. The van der Waals surface area contributed by atoms with Crippen molar-refractivity contribution in [2.75, 3.05) is 18.8 Å². The number of nitrogens with two attached hydrogens (primary N) is 2. The van der Waals surface area contributed by atoms with Crippen LogP contribution in [0.5, 0.6) is 0 Å². The second-order valence-electron chi connectivity index (χ2n) is 9.32. The van der Waals surface area contributed by atoms with Crippen molar-refractivity contribution in [1.82, 2.24) is 14.9 Å². The molecular formula is C29H31N5. The predicted octanol–water partition coefficient (Wildman–Crippen LogP) is 3.43. The van der Waals surface area contributed by atoms with Crippen LogP contribution >= 0.6 is 0 Å². The Morgan fingerprint density at radius 2 is 1.94 bits per heavy atom. The third-order valence-electron chi connectivity index (χ3n) is 6.79. The van der Waals surface area contributed by atoms with Gasteiger partial charge in [-0.05, 0) is 73.7 Å². The molecule has 1 atom stereocenters. The molecule has 0 saturated carbocycles. The first-order valence-corrected chi connectivity index (χ1v) is 11.9. The van der Waals surface area contributed by atoms with Gasteiger partial charge in [-0.2, -0.15) is 0 Å². The Kier molecular flexibility index (Phi) is 6.03. The second kappa shape index (κ2) is 9.27. The number of hydrogen-bond acceptors (Lipinski definition) is 5. The summed E-state index contributed by atoms with van der Waals surface area (Å²) >= 11 is 0. The highest BCUT2D eigenvalue weighted by molar-refractivity contribution is 5.84. The van der Waals surface area contributed by atoms with Gasteiger partial charge in [-0.25, -0.2) is 4.98 Å². The molecule has 1 aliphatic rings. The Morgan fingerprint density at radius 3 is 2.74 bits per heavy atom. The van der Waals surface area contributed by atoms with Gasteiger partial charge in [0, 0.05) is 52.5 Å². The van der Waals surface area contributed by atoms with Gasteiger partial charge in [-0.15, -0.1) is 0 Å². The molecule has 0 aliphatic carbocycles. The summed E-state index contributed by atoms with van der Waals surface area (Å²) in [4.78, 5) is 11.7. The van der Waals surface area contributed by atoms with E-state index in [1.807, 2.05) is 25.1 Å². The quantitative estimate of drug-likeness (QED) is 0.467. The van der Waals surface area contributed by atoms with Crippen molar-refractivity contribution in [3.63, 3.8) is 0 Å². The Labute approximate surface area is 200 Å². The van der Waals surface area contributed by atoms with Gasteiger partial charge in [0.05, 0.1) is 10.9 Å². The number of anilines is 1. The Bertz CT molecular complexity index is 1450. The standard InChI is InChI=1S/C29H31N5/c1-19-13-22(10-11-32-19)29(31)26-15-24-14-25(20(2)33-28(24)16-27(26)30)23-9-6-12-34(18-23)17-21-7-4-3-5-8-21/h3-5,7-8,10-11,13-16,23H,2,6,9,12,17-18,30-31H2,1H3. The van der Waals surface area contributed by atoms with E-state index in [0.717, 1.165) is 58.8 Å². The molecule has 0 spiro atoms. The monoisotopic (exact) mass is 449 g/mol. The van der Waals surface area contributed by atoms with Gasteiger partial charge in [-0.3, -0.25) is 9.88 Å². The van der Waals surface area contributed by atoms with Crippen LogP contribution in [-0.4, -0.2) is 28.0 Å². The van der Waals surface area contributed by atoms with Crippen molar-refractivity contribution in [2.45, 2.75) is 32.2 Å². The summed E-state index contributed by atoms with van der Waals surface area (Å²) < 4.78 is 0. The van der Waals surface area contributed by atoms with E-state index < -0.39 is 0 Å². The molecule has 4 N–H and O–H groups in total. The second-order valence-corrected chi connectivity index (χ2v) is 9.32. The van der Waals surface area contributed by atoms with Crippen LogP contribution in [0.4, 0.5) is 5.69 Å². The molecule has 2 aromatic carbocycles. The Morgan fingerprint density at radius 1 is 1.12 bits per heavy atom. The number of piperidine rings is 1. The largest absolute Gasteiger partial charge is 0.398 e. The van der Waals surface area contributed by atoms with Crippen molar-refractivity contribution < 1.29 is 0 Å². The van der Waals surface area contributed by atoms with Crippen LogP contribution in [0.25, 0.3) is 23.2 Å². The summed E-state index contributed by atoms with van der Waals surface area (Å²) in [5, 5.41) is 2.71. The molecule has 0 amide bonds. The van der Waals surface area contributed by atoms with Crippen LogP contribution in [0.3, 0.4) is 0 Å². The normalized spacial score (nSPS) is 17.6. The molecule has 1 fully saturated rings. The maximum atomic E-state index is 6.55. The number of hydrogen-bond donors (Lipinski definition) is 2. The fourth-order valence-electron chi connectivity index (χ4n) is 5.04. The fraction of sp³-hybridized carbons (Fsp3) is 0.241. The van der Waals surface area contributed by atoms with Gasteiger partial charge in [0.1, 0.15) is 0 Å². The number of aromatic nitrogens is 2. The highest BCUT2D eigenvalue weighted by atomic mass is 15.1. The number of aryl methyl sites for hydroxylation is 1. The van der Waals surface area contributed by atoms with Gasteiger partial charge in [0.25, 0.3) is 0 Å². The summed E-state index contributed by atoms with van der Waals surface area (Å²) in [6.45, 7) is 9.36. The van der Waals surface area contributed by atoms with E-state index in [1.54, 1.807) is 6.20 Å². The molecule has 172 valence electrons. The van der Waals surface area contributed by atoms with Crippen molar-refractivity contribution >= 4 is 28.9 Å². The maximum absolute atomic E-state index is 6.55. The number of rotatable bonds is 4. The van der Waals surface area contributed by atoms with E-state index in [-0.39, 0.29) is 0 Å². The zero-order valence-corrected chi connectivity index (χ0v) is 19.7. The molecule has 34 heavy (non-hydrogen) atoms. The molecule has 3 heterocycles. The van der Waals surface area contributed by atoms with Crippen molar-refractivity contribution in [3.8, 4) is 0 Å². The lowest BCUT2D eigenvalue weighted by Gasteiger charge is -2.33. The van der Waals surface area contributed by atoms with E-state index in [0.29, 0.717) is 17.3 Å². The molecule has 1 unspecified atom stereocenters. The van der Waals surface area contributed by atoms with Gasteiger partial charge >= 0.3 is 0 Å². The van der Waals surface area contributed by atoms with E-state index in [1.165, 1.54) is 17.5 Å². The highest BCUT2D eigenvalue weighted by Gasteiger charge is 2.23. The van der Waals surface area contributed by atoms with Crippen molar-refractivity contribution in [3.05, 3.63) is 99.8 Å². The molecule has 0 radical (unpaired) electrons. The summed E-state index contributed by atoms with van der Waals surface area (Å²) in [6.07, 6.45) is 4.09. The van der Waals surface area contributed by atoms with Crippen molar-refractivity contribution in [2.24, 2.45) is 5.73 Å². The van der Waals surface area contributed by atoms with E-state index in [4.69, 9.17) is 16.5 Å². The summed E-state index contributed by atoms with van der Waals surface area (Å²) in [5.41, 5.74) is 19.5. The predicted molar refractivity (Wildman–Crippen MR) is 140 cm³/mol. The third-order valence-corrected chi connectivity index (χ3v) is 6.79. The third kappa shape index (κ3) is 4.52. The summed E-state index contributed by atoms with van der Waals surface area (Å²) in [5.74, 6) is 0.409. The van der Waals surface area contributed by atoms with Gasteiger partial charge < -0.3 is 11.5 Å². The van der Waals surface area contributed by atoms with E-state index in [2.05, 4.69) is 58.9 Å². The number of pyridine rings is 2. The minimum atomic E-state index is 0.409. The molecule has 2 aromatic heterocycles. The average molecular weight is 450 g/mol. The number of nitrogen functional groups attached to an aromatic ring is 1. The lowest BCUT2D eigenvalue weighted by Crippen LogP contribution is -2.35. The van der Waals surface area contributed by atoms with Crippen LogP contribution < -0.4 is 22.0 Å². The lowest BCUT2D eigenvalue weighted by molar-refractivity contribution is 0.200. The topological polar surface area (TPSA) is 81.1 Å². The molecule has 5 rings (SSSR count). The molecule has 1 aliphatic heterocycles. The zero-order valence-electron chi connectivity index (χ0n) is 19.7. The SMILES string of the molecule is C=c1nc2cc(N)c(=C(N)c3ccnc(C)c3)cc2cc1C1CCCN(Cc2ccccc2)C1. The molecule has 4 aromatic rings. The smallest absolute Gasteiger partial charge is 0.0730 e. The van der Waals surface area contributed by atoms with Gasteiger partial charge in [0.2, 0.25) is 0 Å². The van der Waals surface area contributed by atoms with Crippen LogP contribution in [-0.2, 0) is 6.54 Å². The number of fused-ring (bicyclic) bond motifs is 1. The average Bonchev–Trinajstić information content (AvgIpc) is 2.84. The molecule has 5 heteroatoms. The summed E-state index contributed by atoms with van der Waals surface area (Å²) in [6, 6.07) is 20.8. The van der Waals surface area contributed by atoms with Crippen molar-refractivity contribution in [1.29, 1.82) is 0 Å². The number of nitrogens with zero attached hydrogens (tertiary/aromatic N) is 3. The first-order chi connectivity index (χ1) is 16.5. The van der Waals surface area contributed by atoms with Crippen LogP contribution in [0.15, 0.2) is 66.9 Å². The Balaban J connectivity index is 1.51. The lowest BCUT2D eigenvalue weighted by atomic mass is 9.89. The van der Waals surface area contributed by atoms with E-state index >= 15 is 0 Å². The van der Waals surface area contributed by atoms with Crippen LogP contribution in [0.1, 0.15) is 41.1 Å². The molecule has 0 bridgehead atoms. The first kappa shape index (κ1) is 22.1. The van der Waals surface area contributed by atoms with Crippen LogP contribution in [0.2, 0.25) is 0 Å². The molecular weight excluding hydrogens is 418 g/mol. The number of benzene rings is 2. The van der Waals surface area contributed by atoms with E-state index in [9.17, 15) is 0 Å². The van der Waals surface area contributed by atoms with Gasteiger partial charge in [-0.1, -0.05) is 36.9 Å². The number of likely N-dealkylation sites (tertiary alicyclic amines) is 1.